The van der Waals surface area contributed by atoms with Gasteiger partial charge >= 0.3 is 11.4 Å². The van der Waals surface area contributed by atoms with Crippen LogP contribution in [-0.4, -0.2) is 21.9 Å². The second kappa shape index (κ2) is 6.66. The fraction of sp³-hybridized carbons (Fsp3) is 0.0769. The molecule has 0 aliphatic rings. The number of non-ortho nitro benzene ring substituents is 1. The van der Waals surface area contributed by atoms with Crippen molar-refractivity contribution in [1.82, 2.24) is 0 Å². The average Bonchev–Trinajstić information content (AvgIpc) is 2.56. The molecular formula is C13H10N4O8. The first-order valence-electron chi connectivity index (χ1n) is 6.47. The molecule has 0 spiro atoms. The van der Waals surface area contributed by atoms with Crippen LogP contribution in [0.2, 0.25) is 0 Å². The molecule has 0 aromatic heterocycles. The summed E-state index contributed by atoms with van der Waals surface area (Å²) in [6.45, 7) is 0. The molecule has 0 atom stereocenters. The zero-order chi connectivity index (χ0) is 18.7. The predicted molar refractivity (Wildman–Crippen MR) is 83.9 cm³/mol. The second-order valence-corrected chi connectivity index (χ2v) is 4.59. The van der Waals surface area contributed by atoms with E-state index in [2.05, 4.69) is 0 Å². The van der Waals surface area contributed by atoms with Gasteiger partial charge in [-0.2, -0.15) is 0 Å². The van der Waals surface area contributed by atoms with Crippen molar-refractivity contribution >= 4 is 22.7 Å². The summed E-state index contributed by atoms with van der Waals surface area (Å²) in [5.41, 5.74) is 3.03. The fourth-order valence-corrected chi connectivity index (χ4v) is 1.91. The zero-order valence-corrected chi connectivity index (χ0v) is 12.6. The van der Waals surface area contributed by atoms with Crippen molar-refractivity contribution in [2.45, 2.75) is 0 Å². The molecule has 0 radical (unpaired) electrons. The molecule has 0 heterocycles. The van der Waals surface area contributed by atoms with Gasteiger partial charge in [-0.1, -0.05) is 0 Å². The molecular weight excluding hydrogens is 340 g/mol. The van der Waals surface area contributed by atoms with Crippen molar-refractivity contribution in [3.63, 3.8) is 0 Å². The summed E-state index contributed by atoms with van der Waals surface area (Å²) in [4.78, 5) is 30.2. The molecule has 0 saturated carbocycles. The van der Waals surface area contributed by atoms with Crippen LogP contribution in [0.15, 0.2) is 30.3 Å². The number of nitrogens with zero attached hydrogens (tertiary/aromatic N) is 3. The van der Waals surface area contributed by atoms with E-state index in [4.69, 9.17) is 15.2 Å². The maximum atomic E-state index is 11.2. The van der Waals surface area contributed by atoms with Crippen LogP contribution >= 0.6 is 0 Å². The highest BCUT2D eigenvalue weighted by molar-refractivity contribution is 5.68. The van der Waals surface area contributed by atoms with Crippen molar-refractivity contribution in [3.05, 3.63) is 60.7 Å². The lowest BCUT2D eigenvalue weighted by molar-refractivity contribution is -0.404. The number of nitrogen functional groups attached to an aromatic ring is 1. The molecule has 0 amide bonds. The molecule has 2 aromatic carbocycles. The first-order valence-corrected chi connectivity index (χ1v) is 6.47. The lowest BCUT2D eigenvalue weighted by Crippen LogP contribution is -2.02. The number of rotatable bonds is 6. The minimum Gasteiger partial charge on any atom is -0.497 e. The summed E-state index contributed by atoms with van der Waals surface area (Å²) in [5.74, 6) is -0.628. The summed E-state index contributed by atoms with van der Waals surface area (Å²) in [5, 5.41) is 33.2. The minimum atomic E-state index is -1.02. The highest BCUT2D eigenvalue weighted by Crippen LogP contribution is 2.44. The number of hydrogen-bond acceptors (Lipinski definition) is 9. The van der Waals surface area contributed by atoms with Gasteiger partial charge in [0.25, 0.3) is 11.4 Å². The maximum Gasteiger partial charge on any atom is 0.325 e. The van der Waals surface area contributed by atoms with Gasteiger partial charge in [0.15, 0.2) is 5.75 Å². The lowest BCUT2D eigenvalue weighted by Gasteiger charge is -2.10. The van der Waals surface area contributed by atoms with Gasteiger partial charge in [-0.15, -0.1) is 0 Å². The van der Waals surface area contributed by atoms with Crippen LogP contribution in [0.5, 0.6) is 17.2 Å². The number of hydrogen-bond donors (Lipinski definition) is 1. The van der Waals surface area contributed by atoms with E-state index in [9.17, 15) is 30.3 Å². The number of nitro groups is 3. The Labute approximate surface area is 138 Å². The summed E-state index contributed by atoms with van der Waals surface area (Å²) in [6, 6.07) is 5.26. The molecule has 0 unspecified atom stereocenters. The summed E-state index contributed by atoms with van der Waals surface area (Å²) < 4.78 is 10.2. The molecule has 2 aromatic rings. The van der Waals surface area contributed by atoms with E-state index in [1.807, 2.05) is 0 Å². The summed E-state index contributed by atoms with van der Waals surface area (Å²) in [6.07, 6.45) is 0. The van der Waals surface area contributed by atoms with Crippen molar-refractivity contribution in [2.24, 2.45) is 0 Å². The second-order valence-electron chi connectivity index (χ2n) is 4.59. The number of nitrogens with two attached hydrogens (primary N) is 1. The first kappa shape index (κ1) is 17.4. The molecule has 0 fully saturated rings. The van der Waals surface area contributed by atoms with Gasteiger partial charge < -0.3 is 15.2 Å². The van der Waals surface area contributed by atoms with E-state index in [1.165, 1.54) is 25.3 Å². The molecule has 0 aliphatic carbocycles. The number of nitro benzene ring substituents is 3. The summed E-state index contributed by atoms with van der Waals surface area (Å²) in [7, 11) is 1.35. The van der Waals surface area contributed by atoms with E-state index < -0.39 is 37.6 Å². The van der Waals surface area contributed by atoms with E-state index in [-0.39, 0.29) is 17.2 Å². The molecule has 12 nitrogen and oxygen atoms in total. The lowest BCUT2D eigenvalue weighted by atomic mass is 10.2. The summed E-state index contributed by atoms with van der Waals surface area (Å²) >= 11 is 0. The Morgan fingerprint density at radius 3 is 1.92 bits per heavy atom. The molecule has 2 rings (SSSR count). The van der Waals surface area contributed by atoms with Gasteiger partial charge in [0.2, 0.25) is 0 Å². The van der Waals surface area contributed by atoms with E-state index >= 15 is 0 Å². The highest BCUT2D eigenvalue weighted by Gasteiger charge is 2.33. The van der Waals surface area contributed by atoms with Crippen LogP contribution in [-0.2, 0) is 0 Å². The van der Waals surface area contributed by atoms with Gasteiger partial charge in [0, 0.05) is 6.07 Å². The van der Waals surface area contributed by atoms with Crippen LogP contribution in [0.25, 0.3) is 0 Å². The number of methoxy groups -OCH3 is 1. The smallest absolute Gasteiger partial charge is 0.325 e. The minimum absolute atomic E-state index is 0.0303. The third-order valence-electron chi connectivity index (χ3n) is 3.07. The topological polar surface area (TPSA) is 174 Å². The van der Waals surface area contributed by atoms with Crippen molar-refractivity contribution < 1.29 is 24.2 Å². The predicted octanol–water partition coefficient (Wildman–Crippen LogP) is 2.79. The normalized spacial score (nSPS) is 10.1. The Kier molecular flexibility index (Phi) is 4.63. The third-order valence-corrected chi connectivity index (χ3v) is 3.07. The highest BCUT2D eigenvalue weighted by atomic mass is 16.6. The Balaban J connectivity index is 2.69. The zero-order valence-electron chi connectivity index (χ0n) is 12.6. The van der Waals surface area contributed by atoms with Crippen LogP contribution in [0.1, 0.15) is 0 Å². The molecule has 130 valence electrons. The molecule has 2 N–H and O–H groups in total. The Morgan fingerprint density at radius 2 is 1.48 bits per heavy atom. The Bertz CT molecular complexity index is 847. The van der Waals surface area contributed by atoms with E-state index in [0.717, 1.165) is 0 Å². The first-order chi connectivity index (χ1) is 11.7. The number of anilines is 1. The number of ether oxygens (including phenoxy) is 2. The van der Waals surface area contributed by atoms with Gasteiger partial charge in [-0.3, -0.25) is 30.3 Å². The van der Waals surface area contributed by atoms with Crippen molar-refractivity contribution in [1.29, 1.82) is 0 Å². The van der Waals surface area contributed by atoms with Gasteiger partial charge in [-0.25, -0.2) is 0 Å². The monoisotopic (exact) mass is 350 g/mol. The Hall–Kier alpha value is -3.96. The molecule has 0 saturated heterocycles. The number of benzene rings is 2. The van der Waals surface area contributed by atoms with E-state index in [0.29, 0.717) is 12.1 Å². The molecule has 25 heavy (non-hydrogen) atoms. The third kappa shape index (κ3) is 3.52. The molecule has 0 bridgehead atoms. The van der Waals surface area contributed by atoms with Gasteiger partial charge in [0.05, 0.1) is 39.7 Å². The van der Waals surface area contributed by atoms with Crippen molar-refractivity contribution in [3.8, 4) is 17.2 Å². The van der Waals surface area contributed by atoms with E-state index in [1.54, 1.807) is 0 Å². The van der Waals surface area contributed by atoms with Crippen LogP contribution in [0.4, 0.5) is 22.7 Å². The van der Waals surface area contributed by atoms with Crippen LogP contribution in [0, 0.1) is 30.3 Å². The molecule has 0 aliphatic heterocycles. The largest absolute Gasteiger partial charge is 0.497 e. The quantitative estimate of drug-likeness (QED) is 0.466. The van der Waals surface area contributed by atoms with Crippen molar-refractivity contribution in [2.75, 3.05) is 12.8 Å². The average molecular weight is 350 g/mol. The van der Waals surface area contributed by atoms with Crippen LogP contribution < -0.4 is 15.2 Å². The fourth-order valence-electron chi connectivity index (χ4n) is 1.91. The standard InChI is InChI=1S/C13H10N4O8/c1-24-8-2-3-9(14)12(6-8)25-13-10(16(20)21)4-7(15(18)19)5-11(13)17(22)23/h2-6H,14H2,1H3. The maximum absolute atomic E-state index is 11.2. The molecule has 12 heteroatoms. The van der Waals surface area contributed by atoms with Crippen LogP contribution in [0.3, 0.4) is 0 Å². The van der Waals surface area contributed by atoms with Gasteiger partial charge in [0.1, 0.15) is 5.75 Å². The van der Waals surface area contributed by atoms with Gasteiger partial charge in [-0.05, 0) is 12.1 Å². The Morgan fingerprint density at radius 1 is 0.920 bits per heavy atom. The SMILES string of the molecule is COc1ccc(N)c(Oc2c([N+](=O)[O-])cc([N+](=O)[O-])cc2[N+](=O)[O-])c1.